The molecular formula is C18H18BrN3O3. The highest BCUT2D eigenvalue weighted by atomic mass is 79.9. The normalized spacial score (nSPS) is 10.7. The molecule has 1 aromatic carbocycles. The van der Waals surface area contributed by atoms with Crippen molar-refractivity contribution in [1.82, 2.24) is 14.7 Å². The third kappa shape index (κ3) is 3.46. The van der Waals surface area contributed by atoms with Crippen LogP contribution in [0.2, 0.25) is 0 Å². The number of aromatic nitrogens is 2. The van der Waals surface area contributed by atoms with Crippen molar-refractivity contribution in [3.8, 4) is 11.5 Å². The van der Waals surface area contributed by atoms with Crippen LogP contribution < -0.4 is 14.8 Å². The minimum atomic E-state index is -0.212. The number of amides is 1. The first-order valence-electron chi connectivity index (χ1n) is 7.76. The number of fused-ring (bicyclic) bond motifs is 1. The van der Waals surface area contributed by atoms with Crippen molar-refractivity contribution in [2.24, 2.45) is 0 Å². The Morgan fingerprint density at radius 3 is 2.80 bits per heavy atom. The molecule has 2 aromatic heterocycles. The smallest absolute Gasteiger partial charge is 0.272 e. The maximum absolute atomic E-state index is 12.5. The van der Waals surface area contributed by atoms with Gasteiger partial charge in [-0.1, -0.05) is 18.2 Å². The summed E-state index contributed by atoms with van der Waals surface area (Å²) in [4.78, 5) is 16.8. The van der Waals surface area contributed by atoms with E-state index in [1.165, 1.54) is 0 Å². The van der Waals surface area contributed by atoms with Crippen LogP contribution in [0.3, 0.4) is 0 Å². The minimum absolute atomic E-state index is 0.212. The molecule has 0 saturated heterocycles. The van der Waals surface area contributed by atoms with Crippen molar-refractivity contribution in [2.45, 2.75) is 6.42 Å². The van der Waals surface area contributed by atoms with E-state index in [1.54, 1.807) is 14.2 Å². The van der Waals surface area contributed by atoms with E-state index in [0.717, 1.165) is 11.1 Å². The third-order valence-electron chi connectivity index (χ3n) is 3.88. The van der Waals surface area contributed by atoms with Crippen molar-refractivity contribution in [3.05, 3.63) is 58.6 Å². The first-order valence-corrected chi connectivity index (χ1v) is 8.55. The summed E-state index contributed by atoms with van der Waals surface area (Å²) in [7, 11) is 3.21. The molecule has 6 nitrogen and oxygen atoms in total. The van der Waals surface area contributed by atoms with Crippen LogP contribution in [0.5, 0.6) is 11.5 Å². The van der Waals surface area contributed by atoms with Gasteiger partial charge in [0.1, 0.15) is 0 Å². The number of methoxy groups -OCH3 is 2. The molecule has 0 unspecified atom stereocenters. The summed E-state index contributed by atoms with van der Waals surface area (Å²) in [6.07, 6.45) is 2.48. The minimum Gasteiger partial charge on any atom is -0.493 e. The highest BCUT2D eigenvalue weighted by Gasteiger charge is 2.16. The molecule has 0 aliphatic carbocycles. The van der Waals surface area contributed by atoms with Gasteiger partial charge in [-0.25, -0.2) is 4.98 Å². The lowest BCUT2D eigenvalue weighted by molar-refractivity contribution is 0.0951. The van der Waals surface area contributed by atoms with E-state index >= 15 is 0 Å². The fourth-order valence-corrected chi connectivity index (χ4v) is 3.20. The Labute approximate surface area is 153 Å². The molecule has 130 valence electrons. The van der Waals surface area contributed by atoms with Crippen LogP contribution >= 0.6 is 15.9 Å². The highest BCUT2D eigenvalue weighted by Crippen LogP contribution is 2.30. The molecule has 0 saturated carbocycles. The molecule has 0 bridgehead atoms. The predicted molar refractivity (Wildman–Crippen MR) is 98.5 cm³/mol. The number of halogens is 1. The van der Waals surface area contributed by atoms with Crippen molar-refractivity contribution < 1.29 is 14.3 Å². The molecule has 0 radical (unpaired) electrons. The van der Waals surface area contributed by atoms with Gasteiger partial charge in [0.15, 0.2) is 21.9 Å². The lowest BCUT2D eigenvalue weighted by Gasteiger charge is -2.12. The fraction of sp³-hybridized carbons (Fsp3) is 0.222. The lowest BCUT2D eigenvalue weighted by Crippen LogP contribution is -2.26. The first-order chi connectivity index (χ1) is 12.2. The maximum atomic E-state index is 12.5. The van der Waals surface area contributed by atoms with E-state index in [2.05, 4.69) is 26.2 Å². The van der Waals surface area contributed by atoms with Crippen LogP contribution in [-0.2, 0) is 6.42 Å². The summed E-state index contributed by atoms with van der Waals surface area (Å²) < 4.78 is 13.1. The topological polar surface area (TPSA) is 64.9 Å². The van der Waals surface area contributed by atoms with Gasteiger partial charge in [-0.3, -0.25) is 9.20 Å². The lowest BCUT2D eigenvalue weighted by atomic mass is 10.1. The Morgan fingerprint density at radius 1 is 1.20 bits per heavy atom. The van der Waals surface area contributed by atoms with Gasteiger partial charge in [-0.2, -0.15) is 0 Å². The summed E-state index contributed by atoms with van der Waals surface area (Å²) in [6.45, 7) is 0.464. The van der Waals surface area contributed by atoms with Crippen molar-refractivity contribution in [3.63, 3.8) is 0 Å². The summed E-state index contributed by atoms with van der Waals surface area (Å²) in [5.41, 5.74) is 2.12. The van der Waals surface area contributed by atoms with Gasteiger partial charge in [0, 0.05) is 12.7 Å². The van der Waals surface area contributed by atoms with E-state index in [9.17, 15) is 4.79 Å². The molecule has 0 aliphatic heterocycles. The van der Waals surface area contributed by atoms with Crippen LogP contribution in [0, 0.1) is 0 Å². The number of ether oxygens (including phenoxy) is 2. The monoisotopic (exact) mass is 403 g/mol. The molecule has 3 rings (SSSR count). The van der Waals surface area contributed by atoms with Crippen LogP contribution in [0.25, 0.3) is 5.52 Å². The third-order valence-corrected chi connectivity index (χ3v) is 4.44. The Balaban J connectivity index is 1.71. The second kappa shape index (κ2) is 7.57. The van der Waals surface area contributed by atoms with Gasteiger partial charge < -0.3 is 14.8 Å². The van der Waals surface area contributed by atoms with Crippen LogP contribution in [0.15, 0.2) is 47.3 Å². The van der Waals surface area contributed by atoms with Crippen LogP contribution in [0.4, 0.5) is 0 Å². The number of imidazole rings is 1. The molecule has 0 aliphatic rings. The number of hydrogen-bond donors (Lipinski definition) is 1. The van der Waals surface area contributed by atoms with Gasteiger partial charge in [-0.05, 0) is 46.1 Å². The number of nitrogens with zero attached hydrogens (tertiary/aromatic N) is 2. The number of nitrogens with one attached hydrogen (secondary N) is 1. The molecule has 0 fully saturated rings. The average molecular weight is 404 g/mol. The van der Waals surface area contributed by atoms with E-state index in [4.69, 9.17) is 9.47 Å². The SMILES string of the molecule is COc1cccc(CCNC(=O)c2nc(Br)n3ccccc23)c1OC. The van der Waals surface area contributed by atoms with Gasteiger partial charge in [0.05, 0.1) is 19.7 Å². The highest BCUT2D eigenvalue weighted by molar-refractivity contribution is 9.10. The average Bonchev–Trinajstić information content (AvgIpc) is 2.98. The second-order valence-electron chi connectivity index (χ2n) is 5.34. The Bertz CT molecular complexity index is 908. The van der Waals surface area contributed by atoms with Gasteiger partial charge in [0.2, 0.25) is 0 Å². The van der Waals surface area contributed by atoms with Crippen molar-refractivity contribution >= 4 is 27.4 Å². The Morgan fingerprint density at radius 2 is 2.04 bits per heavy atom. The van der Waals surface area contributed by atoms with E-state index in [-0.39, 0.29) is 5.91 Å². The molecule has 2 heterocycles. The zero-order valence-electron chi connectivity index (χ0n) is 14.0. The molecule has 0 atom stereocenters. The zero-order valence-corrected chi connectivity index (χ0v) is 15.5. The number of rotatable bonds is 6. The van der Waals surface area contributed by atoms with Crippen LogP contribution in [0.1, 0.15) is 16.1 Å². The fourth-order valence-electron chi connectivity index (χ4n) is 2.71. The number of pyridine rings is 1. The molecule has 7 heteroatoms. The summed E-state index contributed by atoms with van der Waals surface area (Å²) in [6, 6.07) is 11.3. The Kier molecular flexibility index (Phi) is 5.23. The first kappa shape index (κ1) is 17.3. The van der Waals surface area contributed by atoms with E-state index in [1.807, 2.05) is 47.0 Å². The largest absolute Gasteiger partial charge is 0.493 e. The number of benzene rings is 1. The summed E-state index contributed by atoms with van der Waals surface area (Å²) in [5, 5.41) is 2.91. The van der Waals surface area contributed by atoms with Crippen LogP contribution in [-0.4, -0.2) is 36.1 Å². The second-order valence-corrected chi connectivity index (χ2v) is 6.05. The van der Waals surface area contributed by atoms with Crippen molar-refractivity contribution in [2.75, 3.05) is 20.8 Å². The van der Waals surface area contributed by atoms with Gasteiger partial charge >= 0.3 is 0 Å². The standard InChI is InChI=1S/C18H18BrN3O3/c1-24-14-8-5-6-12(16(14)25-2)9-10-20-17(23)15-13-7-3-4-11-22(13)18(19)21-15/h3-8,11H,9-10H2,1-2H3,(H,20,23). The number of carbonyl (C=O) groups excluding carboxylic acids is 1. The van der Waals surface area contributed by atoms with Gasteiger partial charge in [-0.15, -0.1) is 0 Å². The van der Waals surface area contributed by atoms with E-state index in [0.29, 0.717) is 34.9 Å². The molecule has 1 amide bonds. The molecule has 0 spiro atoms. The Hall–Kier alpha value is -2.54. The van der Waals surface area contributed by atoms with E-state index < -0.39 is 0 Å². The number of hydrogen-bond acceptors (Lipinski definition) is 4. The number of para-hydroxylation sites is 1. The number of carbonyl (C=O) groups is 1. The predicted octanol–water partition coefficient (Wildman–Crippen LogP) is 3.09. The van der Waals surface area contributed by atoms with Crippen molar-refractivity contribution in [1.29, 1.82) is 0 Å². The quantitative estimate of drug-likeness (QED) is 0.686. The molecule has 25 heavy (non-hydrogen) atoms. The molecule has 3 aromatic rings. The summed E-state index contributed by atoms with van der Waals surface area (Å²) >= 11 is 3.37. The molecular weight excluding hydrogens is 386 g/mol. The zero-order chi connectivity index (χ0) is 17.8. The summed E-state index contributed by atoms with van der Waals surface area (Å²) in [5.74, 6) is 1.15. The molecule has 1 N–H and O–H groups in total. The van der Waals surface area contributed by atoms with Gasteiger partial charge in [0.25, 0.3) is 5.91 Å². The maximum Gasteiger partial charge on any atom is 0.272 e.